The van der Waals surface area contributed by atoms with Gasteiger partial charge in [0.05, 0.1) is 6.42 Å². The SMILES string of the molecule is O=C(CCC(=O)c1ccc(F)cc1)OCCOc1ccccc1F. The van der Waals surface area contributed by atoms with Crippen molar-refractivity contribution in [2.45, 2.75) is 12.8 Å². The second kappa shape index (κ2) is 8.76. The molecule has 0 bridgehead atoms. The largest absolute Gasteiger partial charge is 0.487 e. The fraction of sp³-hybridized carbons (Fsp3) is 0.222. The van der Waals surface area contributed by atoms with Gasteiger partial charge in [0.25, 0.3) is 0 Å². The first-order valence-corrected chi connectivity index (χ1v) is 7.38. The third-order valence-corrected chi connectivity index (χ3v) is 3.16. The lowest BCUT2D eigenvalue weighted by atomic mass is 10.1. The summed E-state index contributed by atoms with van der Waals surface area (Å²) in [7, 11) is 0. The Morgan fingerprint density at radius 1 is 0.875 bits per heavy atom. The van der Waals surface area contributed by atoms with Crippen molar-refractivity contribution in [1.82, 2.24) is 0 Å². The highest BCUT2D eigenvalue weighted by molar-refractivity contribution is 5.97. The molecule has 0 aliphatic rings. The molecule has 0 atom stereocenters. The number of ketones is 1. The molecule has 0 radical (unpaired) electrons. The number of carbonyl (C=O) groups excluding carboxylic acids is 2. The van der Waals surface area contributed by atoms with E-state index >= 15 is 0 Å². The lowest BCUT2D eigenvalue weighted by Crippen LogP contribution is -2.13. The van der Waals surface area contributed by atoms with Gasteiger partial charge in [-0.1, -0.05) is 12.1 Å². The molecule has 24 heavy (non-hydrogen) atoms. The number of hydrogen-bond donors (Lipinski definition) is 0. The maximum absolute atomic E-state index is 13.3. The zero-order chi connectivity index (χ0) is 17.4. The number of halogens is 2. The molecular formula is C18H16F2O4. The number of para-hydroxylation sites is 1. The van der Waals surface area contributed by atoms with Crippen LogP contribution in [-0.2, 0) is 9.53 Å². The molecule has 0 fully saturated rings. The van der Waals surface area contributed by atoms with Crippen molar-refractivity contribution in [3.8, 4) is 5.75 Å². The van der Waals surface area contributed by atoms with Gasteiger partial charge in [-0.05, 0) is 36.4 Å². The van der Waals surface area contributed by atoms with E-state index in [0.29, 0.717) is 5.56 Å². The number of ether oxygens (including phenoxy) is 2. The van der Waals surface area contributed by atoms with Crippen molar-refractivity contribution >= 4 is 11.8 Å². The van der Waals surface area contributed by atoms with Crippen LogP contribution in [-0.4, -0.2) is 25.0 Å². The van der Waals surface area contributed by atoms with Gasteiger partial charge in [-0.25, -0.2) is 8.78 Å². The van der Waals surface area contributed by atoms with E-state index in [1.807, 2.05) is 0 Å². The smallest absolute Gasteiger partial charge is 0.306 e. The third kappa shape index (κ3) is 5.46. The summed E-state index contributed by atoms with van der Waals surface area (Å²) in [6, 6.07) is 11.0. The molecule has 0 heterocycles. The highest BCUT2D eigenvalue weighted by Gasteiger charge is 2.10. The predicted octanol–water partition coefficient (Wildman–Crippen LogP) is 3.55. The molecule has 2 rings (SSSR count). The summed E-state index contributed by atoms with van der Waals surface area (Å²) in [6.07, 6.45) is -0.117. The predicted molar refractivity (Wildman–Crippen MR) is 82.8 cm³/mol. The first kappa shape index (κ1) is 17.6. The summed E-state index contributed by atoms with van der Waals surface area (Å²) in [5, 5.41) is 0. The van der Waals surface area contributed by atoms with E-state index in [4.69, 9.17) is 9.47 Å². The van der Waals surface area contributed by atoms with Crippen LogP contribution in [0.3, 0.4) is 0 Å². The van der Waals surface area contributed by atoms with E-state index in [2.05, 4.69) is 0 Å². The Balaban J connectivity index is 1.65. The van der Waals surface area contributed by atoms with Crippen LogP contribution < -0.4 is 4.74 Å². The molecule has 0 spiro atoms. The summed E-state index contributed by atoms with van der Waals surface area (Å²) < 4.78 is 36.1. The van der Waals surface area contributed by atoms with Crippen LogP contribution in [0.5, 0.6) is 5.75 Å². The normalized spacial score (nSPS) is 10.2. The topological polar surface area (TPSA) is 52.6 Å². The summed E-state index contributed by atoms with van der Waals surface area (Å²) in [5.74, 6) is -1.66. The van der Waals surface area contributed by atoms with Crippen LogP contribution in [0.25, 0.3) is 0 Å². The minimum Gasteiger partial charge on any atom is -0.487 e. The Hall–Kier alpha value is -2.76. The van der Waals surface area contributed by atoms with Gasteiger partial charge in [-0.2, -0.15) is 0 Å². The Morgan fingerprint density at radius 2 is 1.58 bits per heavy atom. The lowest BCUT2D eigenvalue weighted by molar-refractivity contribution is -0.144. The summed E-state index contributed by atoms with van der Waals surface area (Å²) in [5.41, 5.74) is 0.340. The Bertz CT molecular complexity index is 698. The molecule has 0 saturated carbocycles. The minimum atomic E-state index is -0.553. The fourth-order valence-electron chi connectivity index (χ4n) is 1.94. The highest BCUT2D eigenvalue weighted by Crippen LogP contribution is 2.15. The van der Waals surface area contributed by atoms with Gasteiger partial charge in [0, 0.05) is 12.0 Å². The van der Waals surface area contributed by atoms with Crippen LogP contribution in [0.1, 0.15) is 23.2 Å². The highest BCUT2D eigenvalue weighted by atomic mass is 19.1. The van der Waals surface area contributed by atoms with E-state index in [1.165, 1.54) is 36.4 Å². The number of rotatable bonds is 8. The second-order valence-corrected chi connectivity index (χ2v) is 4.93. The molecule has 0 amide bonds. The lowest BCUT2D eigenvalue weighted by Gasteiger charge is -2.08. The first-order valence-electron chi connectivity index (χ1n) is 7.38. The number of hydrogen-bond acceptors (Lipinski definition) is 4. The van der Waals surface area contributed by atoms with Gasteiger partial charge in [0.15, 0.2) is 17.3 Å². The Kier molecular flexibility index (Phi) is 6.42. The molecule has 6 heteroatoms. The van der Waals surface area contributed by atoms with E-state index in [0.717, 1.165) is 0 Å². The van der Waals surface area contributed by atoms with Gasteiger partial charge in [-0.3, -0.25) is 9.59 Å². The third-order valence-electron chi connectivity index (χ3n) is 3.16. The van der Waals surface area contributed by atoms with Crippen molar-refractivity contribution < 1.29 is 27.8 Å². The zero-order valence-electron chi connectivity index (χ0n) is 12.8. The maximum Gasteiger partial charge on any atom is 0.306 e. The monoisotopic (exact) mass is 334 g/mol. The summed E-state index contributed by atoms with van der Waals surface area (Å²) in [6.45, 7) is -0.0313. The molecule has 126 valence electrons. The van der Waals surface area contributed by atoms with Crippen molar-refractivity contribution in [1.29, 1.82) is 0 Å². The van der Waals surface area contributed by atoms with Crippen LogP contribution in [0.4, 0.5) is 8.78 Å². The Labute approximate surface area is 138 Å². The van der Waals surface area contributed by atoms with E-state index in [1.54, 1.807) is 12.1 Å². The first-order chi connectivity index (χ1) is 11.6. The van der Waals surface area contributed by atoms with E-state index in [9.17, 15) is 18.4 Å². The van der Waals surface area contributed by atoms with Crippen molar-refractivity contribution in [2.75, 3.05) is 13.2 Å². The molecule has 0 N–H and O–H groups in total. The number of carbonyl (C=O) groups is 2. The molecular weight excluding hydrogens is 318 g/mol. The quantitative estimate of drug-likeness (QED) is 0.421. The molecule has 2 aromatic carbocycles. The molecule has 2 aromatic rings. The number of Topliss-reactive ketones (excluding diaryl/α,β-unsaturated/α-hetero) is 1. The maximum atomic E-state index is 13.3. The summed E-state index contributed by atoms with van der Waals surface area (Å²) >= 11 is 0. The number of benzene rings is 2. The Morgan fingerprint density at radius 3 is 2.29 bits per heavy atom. The van der Waals surface area contributed by atoms with Crippen LogP contribution in [0, 0.1) is 11.6 Å². The fourth-order valence-corrected chi connectivity index (χ4v) is 1.94. The standard InChI is InChI=1S/C18H16F2O4/c19-14-7-5-13(6-8-14)16(21)9-10-18(22)24-12-11-23-17-4-2-1-3-15(17)20/h1-8H,9-12H2. The van der Waals surface area contributed by atoms with Crippen LogP contribution in [0.2, 0.25) is 0 Å². The van der Waals surface area contributed by atoms with Crippen molar-refractivity contribution in [3.63, 3.8) is 0 Å². The molecule has 0 aliphatic carbocycles. The van der Waals surface area contributed by atoms with Gasteiger partial charge in [-0.15, -0.1) is 0 Å². The second-order valence-electron chi connectivity index (χ2n) is 4.93. The van der Waals surface area contributed by atoms with Gasteiger partial charge >= 0.3 is 5.97 Å². The van der Waals surface area contributed by atoms with Crippen LogP contribution in [0.15, 0.2) is 48.5 Å². The van der Waals surface area contributed by atoms with Gasteiger partial charge in [0.1, 0.15) is 19.0 Å². The zero-order valence-corrected chi connectivity index (χ0v) is 12.8. The van der Waals surface area contributed by atoms with Gasteiger partial charge < -0.3 is 9.47 Å². The van der Waals surface area contributed by atoms with Crippen LogP contribution >= 0.6 is 0 Å². The molecule has 0 unspecified atom stereocenters. The summed E-state index contributed by atoms with van der Waals surface area (Å²) in [4.78, 5) is 23.4. The molecule has 4 nitrogen and oxygen atoms in total. The van der Waals surface area contributed by atoms with E-state index in [-0.39, 0.29) is 37.6 Å². The molecule has 0 saturated heterocycles. The van der Waals surface area contributed by atoms with Crippen molar-refractivity contribution in [3.05, 3.63) is 65.7 Å². The molecule has 0 aliphatic heterocycles. The minimum absolute atomic E-state index is 0.0125. The van der Waals surface area contributed by atoms with Gasteiger partial charge in [0.2, 0.25) is 0 Å². The molecule has 0 aromatic heterocycles. The van der Waals surface area contributed by atoms with Crippen molar-refractivity contribution in [2.24, 2.45) is 0 Å². The van der Waals surface area contributed by atoms with E-state index < -0.39 is 17.6 Å². The average Bonchev–Trinajstić information content (AvgIpc) is 2.58. The average molecular weight is 334 g/mol. The number of esters is 1.